The lowest BCUT2D eigenvalue weighted by Crippen LogP contribution is -2.35. The molecule has 1 fully saturated rings. The third kappa shape index (κ3) is 4.28. The van der Waals surface area contributed by atoms with Crippen molar-refractivity contribution in [1.29, 1.82) is 5.26 Å². The van der Waals surface area contributed by atoms with E-state index < -0.39 is 16.0 Å². The Kier molecular flexibility index (Phi) is 4.60. The summed E-state index contributed by atoms with van der Waals surface area (Å²) >= 11 is 0. The van der Waals surface area contributed by atoms with Crippen molar-refractivity contribution in [3.05, 3.63) is 35.4 Å². The van der Waals surface area contributed by atoms with Crippen LogP contribution < -0.4 is 0 Å². The quantitative estimate of drug-likeness (QED) is 0.819. The summed E-state index contributed by atoms with van der Waals surface area (Å²) in [6.07, 6.45) is 1.35. The first-order valence-electron chi connectivity index (χ1n) is 6.63. The van der Waals surface area contributed by atoms with E-state index in [0.29, 0.717) is 11.1 Å². The molecule has 1 N–H and O–H groups in total. The van der Waals surface area contributed by atoms with Gasteiger partial charge in [0.05, 0.1) is 23.8 Å². The van der Waals surface area contributed by atoms with Gasteiger partial charge in [-0.2, -0.15) is 9.57 Å². The number of hydrogen-bond donors (Lipinski definition) is 1. The predicted octanol–water partition coefficient (Wildman–Crippen LogP) is 1.33. The Labute approximate surface area is 123 Å². The Bertz CT molecular complexity index is 674. The fourth-order valence-electron chi connectivity index (χ4n) is 2.14. The van der Waals surface area contributed by atoms with Crippen LogP contribution in [0.5, 0.6) is 0 Å². The van der Waals surface area contributed by atoms with Crippen molar-refractivity contribution in [2.75, 3.05) is 6.54 Å². The minimum Gasteiger partial charge on any atom is -0.481 e. The first-order valence-corrected chi connectivity index (χ1v) is 8.23. The van der Waals surface area contributed by atoms with Gasteiger partial charge in [0.25, 0.3) is 0 Å². The molecule has 0 atom stereocenters. The molecule has 0 saturated heterocycles. The van der Waals surface area contributed by atoms with E-state index in [-0.39, 0.29) is 24.8 Å². The molecule has 1 aliphatic carbocycles. The van der Waals surface area contributed by atoms with Crippen molar-refractivity contribution in [1.82, 2.24) is 4.31 Å². The van der Waals surface area contributed by atoms with Crippen LogP contribution in [0, 0.1) is 11.3 Å². The van der Waals surface area contributed by atoms with Gasteiger partial charge in [0, 0.05) is 12.6 Å². The van der Waals surface area contributed by atoms with Crippen LogP contribution in [-0.2, 0) is 20.6 Å². The summed E-state index contributed by atoms with van der Waals surface area (Å²) in [5.74, 6) is -1.22. The van der Waals surface area contributed by atoms with Gasteiger partial charge in [-0.25, -0.2) is 8.42 Å². The van der Waals surface area contributed by atoms with Crippen LogP contribution in [0.2, 0.25) is 0 Å². The van der Waals surface area contributed by atoms with Gasteiger partial charge in [-0.05, 0) is 30.5 Å². The molecule has 0 bridgehead atoms. The summed E-state index contributed by atoms with van der Waals surface area (Å²) in [7, 11) is -3.57. The SMILES string of the molecule is N#Cc1cccc(CS(=O)(=O)N(CCC(=O)O)C2CC2)c1. The largest absolute Gasteiger partial charge is 0.481 e. The van der Waals surface area contributed by atoms with Crippen LogP contribution in [0.25, 0.3) is 0 Å². The zero-order valence-corrected chi connectivity index (χ0v) is 12.2. The van der Waals surface area contributed by atoms with Crippen LogP contribution in [-0.4, -0.2) is 36.4 Å². The van der Waals surface area contributed by atoms with Gasteiger partial charge in [0.15, 0.2) is 0 Å². The van der Waals surface area contributed by atoms with Crippen LogP contribution in [0.4, 0.5) is 0 Å². The number of sulfonamides is 1. The van der Waals surface area contributed by atoms with E-state index in [1.54, 1.807) is 24.3 Å². The zero-order valence-electron chi connectivity index (χ0n) is 11.4. The molecule has 2 rings (SSSR count). The number of nitriles is 1. The zero-order chi connectivity index (χ0) is 15.5. The second kappa shape index (κ2) is 6.24. The summed E-state index contributed by atoms with van der Waals surface area (Å²) in [5, 5.41) is 17.6. The monoisotopic (exact) mass is 308 g/mol. The maximum absolute atomic E-state index is 12.4. The van der Waals surface area contributed by atoms with Gasteiger partial charge in [-0.3, -0.25) is 4.79 Å². The Balaban J connectivity index is 2.14. The molecular formula is C14H16N2O4S. The standard InChI is InChI=1S/C14H16N2O4S/c15-9-11-2-1-3-12(8-11)10-21(19,20)16(13-4-5-13)7-6-14(17)18/h1-3,8,13H,4-7,10H2,(H,17,18). The van der Waals surface area contributed by atoms with Gasteiger partial charge in [-0.1, -0.05) is 12.1 Å². The fraction of sp³-hybridized carbons (Fsp3) is 0.429. The molecule has 112 valence electrons. The number of nitrogens with zero attached hydrogens (tertiary/aromatic N) is 2. The Morgan fingerprint density at radius 1 is 1.43 bits per heavy atom. The molecule has 7 heteroatoms. The highest BCUT2D eigenvalue weighted by molar-refractivity contribution is 7.88. The normalized spacial score (nSPS) is 14.9. The third-order valence-corrected chi connectivity index (χ3v) is 5.16. The van der Waals surface area contributed by atoms with E-state index in [1.807, 2.05) is 6.07 Å². The van der Waals surface area contributed by atoms with Crippen LogP contribution >= 0.6 is 0 Å². The molecule has 6 nitrogen and oxygen atoms in total. The molecule has 0 spiro atoms. The minimum absolute atomic E-state index is 0.000272. The summed E-state index contributed by atoms with van der Waals surface area (Å²) in [5.41, 5.74) is 0.946. The maximum Gasteiger partial charge on any atom is 0.304 e. The summed E-state index contributed by atoms with van der Waals surface area (Å²) in [4.78, 5) is 10.7. The van der Waals surface area contributed by atoms with E-state index in [2.05, 4.69) is 0 Å². The summed E-state index contributed by atoms with van der Waals surface area (Å²) in [6, 6.07) is 8.34. The first-order chi connectivity index (χ1) is 9.92. The summed E-state index contributed by atoms with van der Waals surface area (Å²) < 4.78 is 26.2. The lowest BCUT2D eigenvalue weighted by atomic mass is 10.2. The van der Waals surface area contributed by atoms with E-state index in [0.717, 1.165) is 12.8 Å². The molecule has 1 aromatic carbocycles. The molecule has 1 saturated carbocycles. The highest BCUT2D eigenvalue weighted by Crippen LogP contribution is 2.30. The molecule has 0 aromatic heterocycles. The number of hydrogen-bond acceptors (Lipinski definition) is 4. The van der Waals surface area contributed by atoms with E-state index in [9.17, 15) is 13.2 Å². The van der Waals surface area contributed by atoms with Gasteiger partial charge < -0.3 is 5.11 Å². The predicted molar refractivity (Wildman–Crippen MR) is 75.8 cm³/mol. The maximum atomic E-state index is 12.4. The minimum atomic E-state index is -3.57. The lowest BCUT2D eigenvalue weighted by Gasteiger charge is -2.21. The smallest absolute Gasteiger partial charge is 0.304 e. The van der Waals surface area contributed by atoms with Crippen LogP contribution in [0.1, 0.15) is 30.4 Å². The second-order valence-electron chi connectivity index (χ2n) is 5.05. The Hall–Kier alpha value is -1.91. The average molecular weight is 308 g/mol. The van der Waals surface area contributed by atoms with Gasteiger partial charge >= 0.3 is 5.97 Å². The van der Waals surface area contributed by atoms with Crippen molar-refractivity contribution < 1.29 is 18.3 Å². The van der Waals surface area contributed by atoms with Crippen molar-refractivity contribution in [3.8, 4) is 6.07 Å². The number of aliphatic carboxylic acids is 1. The number of benzene rings is 1. The van der Waals surface area contributed by atoms with Gasteiger partial charge in [0.2, 0.25) is 10.0 Å². The average Bonchev–Trinajstić information content (AvgIpc) is 3.22. The molecule has 0 heterocycles. The highest BCUT2D eigenvalue weighted by atomic mass is 32.2. The van der Waals surface area contributed by atoms with E-state index in [4.69, 9.17) is 10.4 Å². The molecule has 1 aromatic rings. The van der Waals surface area contributed by atoms with Crippen molar-refractivity contribution >= 4 is 16.0 Å². The molecule has 0 radical (unpaired) electrons. The molecule has 0 amide bonds. The number of carboxylic acid groups (broad SMARTS) is 1. The van der Waals surface area contributed by atoms with Crippen molar-refractivity contribution in [2.24, 2.45) is 0 Å². The molecule has 0 unspecified atom stereocenters. The highest BCUT2D eigenvalue weighted by Gasteiger charge is 2.37. The number of carboxylic acids is 1. The van der Waals surface area contributed by atoms with Gasteiger partial charge in [0.1, 0.15) is 0 Å². The van der Waals surface area contributed by atoms with Gasteiger partial charge in [-0.15, -0.1) is 0 Å². The molecule has 21 heavy (non-hydrogen) atoms. The van der Waals surface area contributed by atoms with Crippen molar-refractivity contribution in [2.45, 2.75) is 31.1 Å². The first kappa shape index (κ1) is 15.5. The second-order valence-corrected chi connectivity index (χ2v) is 6.98. The van der Waals surface area contributed by atoms with E-state index in [1.165, 1.54) is 4.31 Å². The number of rotatable bonds is 7. The Morgan fingerprint density at radius 2 is 2.14 bits per heavy atom. The summed E-state index contributed by atoms with van der Waals surface area (Å²) in [6.45, 7) is 0.000272. The van der Waals surface area contributed by atoms with Crippen molar-refractivity contribution in [3.63, 3.8) is 0 Å². The van der Waals surface area contributed by atoms with Crippen LogP contribution in [0.15, 0.2) is 24.3 Å². The van der Waals surface area contributed by atoms with E-state index >= 15 is 0 Å². The third-order valence-electron chi connectivity index (χ3n) is 3.26. The lowest BCUT2D eigenvalue weighted by molar-refractivity contribution is -0.137. The van der Waals surface area contributed by atoms with Crippen LogP contribution in [0.3, 0.4) is 0 Å². The molecular weight excluding hydrogens is 292 g/mol. The number of carbonyl (C=O) groups is 1. The fourth-order valence-corrected chi connectivity index (χ4v) is 3.94. The topological polar surface area (TPSA) is 98.5 Å². The molecule has 0 aliphatic heterocycles. The molecule has 1 aliphatic rings. The Morgan fingerprint density at radius 3 is 2.71 bits per heavy atom.